The zero-order valence-electron chi connectivity index (χ0n) is 23.3. The Morgan fingerprint density at radius 2 is 1.65 bits per heavy atom. The van der Waals surface area contributed by atoms with E-state index in [2.05, 4.69) is 30.1 Å². The molecule has 0 saturated carbocycles. The fraction of sp³-hybridized carbons (Fsp3) is 0.567. The topological polar surface area (TPSA) is 32.8 Å². The molecule has 2 aliphatic rings. The number of carbonyl (C=O) groups excluding carboxylic acids is 1. The number of benzene rings is 2. The van der Waals surface area contributed by atoms with Crippen LogP contribution in [0.15, 0.2) is 30.3 Å². The maximum atomic E-state index is 13.7. The third-order valence-electron chi connectivity index (χ3n) is 8.51. The average molecular weight is 571 g/mol. The lowest BCUT2D eigenvalue weighted by Crippen LogP contribution is -2.46. The third-order valence-corrected chi connectivity index (χ3v) is 8.51. The lowest BCUT2D eigenvalue weighted by Gasteiger charge is -2.44. The van der Waals surface area contributed by atoms with Crippen molar-refractivity contribution >= 4 is 11.7 Å². The number of rotatable bonds is 6. The second-order valence-corrected chi connectivity index (χ2v) is 11.2. The zero-order chi connectivity index (χ0) is 29.4. The molecule has 0 bridgehead atoms. The Bertz CT molecular complexity index is 1220. The fourth-order valence-electron chi connectivity index (χ4n) is 6.33. The van der Waals surface area contributed by atoms with Gasteiger partial charge in [-0.3, -0.25) is 9.69 Å². The van der Waals surface area contributed by atoms with Gasteiger partial charge in [0.05, 0.1) is 24.2 Å². The number of alkyl halides is 6. The summed E-state index contributed by atoms with van der Waals surface area (Å²) in [5.41, 5.74) is 0.643. The number of halogens is 6. The van der Waals surface area contributed by atoms with Gasteiger partial charge in [-0.25, -0.2) is 0 Å². The summed E-state index contributed by atoms with van der Waals surface area (Å²) in [7, 11) is 3.44. The lowest BCUT2D eigenvalue weighted by molar-refractivity contribution is -0.144. The number of esters is 1. The van der Waals surface area contributed by atoms with Crippen LogP contribution in [0.3, 0.4) is 0 Å². The van der Waals surface area contributed by atoms with E-state index >= 15 is 0 Å². The highest BCUT2D eigenvalue weighted by molar-refractivity contribution is 5.72. The summed E-state index contributed by atoms with van der Waals surface area (Å²) in [6, 6.07) is 7.84. The number of nitrogens with zero attached hydrogens (tertiary/aromatic N) is 2. The predicted molar refractivity (Wildman–Crippen MR) is 141 cm³/mol. The smallest absolute Gasteiger partial charge is 0.416 e. The van der Waals surface area contributed by atoms with E-state index in [1.807, 2.05) is 11.8 Å². The van der Waals surface area contributed by atoms with E-state index in [4.69, 9.17) is 4.74 Å². The number of methoxy groups -OCH3 is 1. The molecule has 40 heavy (non-hydrogen) atoms. The molecule has 0 amide bonds. The van der Waals surface area contributed by atoms with Gasteiger partial charge in [0.1, 0.15) is 0 Å². The van der Waals surface area contributed by atoms with Gasteiger partial charge in [0.2, 0.25) is 0 Å². The first-order chi connectivity index (χ1) is 18.7. The van der Waals surface area contributed by atoms with Gasteiger partial charge in [-0.2, -0.15) is 26.3 Å². The van der Waals surface area contributed by atoms with E-state index in [1.54, 1.807) is 0 Å². The van der Waals surface area contributed by atoms with Crippen molar-refractivity contribution in [2.75, 3.05) is 32.1 Å². The Morgan fingerprint density at radius 3 is 2.25 bits per heavy atom. The molecule has 4 rings (SSSR count). The number of anilines is 1. The van der Waals surface area contributed by atoms with Gasteiger partial charge in [-0.05, 0) is 98.5 Å². The molecule has 10 heteroatoms. The normalized spacial score (nSPS) is 19.9. The van der Waals surface area contributed by atoms with Crippen LogP contribution in [0.1, 0.15) is 59.6 Å². The third kappa shape index (κ3) is 6.58. The van der Waals surface area contributed by atoms with Crippen LogP contribution in [0.5, 0.6) is 0 Å². The van der Waals surface area contributed by atoms with Crippen molar-refractivity contribution in [2.45, 2.75) is 70.9 Å². The number of piperidine rings is 1. The van der Waals surface area contributed by atoms with Crippen LogP contribution in [-0.2, 0) is 41.3 Å². The summed E-state index contributed by atoms with van der Waals surface area (Å²) < 4.78 is 86.3. The van der Waals surface area contributed by atoms with Gasteiger partial charge < -0.3 is 9.64 Å². The van der Waals surface area contributed by atoms with E-state index in [0.717, 1.165) is 43.9 Å². The molecule has 2 unspecified atom stereocenters. The monoisotopic (exact) mass is 570 g/mol. The average Bonchev–Trinajstić information content (AvgIpc) is 2.88. The summed E-state index contributed by atoms with van der Waals surface area (Å²) >= 11 is 0. The van der Waals surface area contributed by atoms with Crippen LogP contribution in [0.2, 0.25) is 0 Å². The molecule has 220 valence electrons. The Labute approximate surface area is 231 Å². The van der Waals surface area contributed by atoms with Crippen molar-refractivity contribution in [2.24, 2.45) is 11.8 Å². The molecule has 2 aromatic carbocycles. The molecule has 0 spiro atoms. The Morgan fingerprint density at radius 1 is 1.00 bits per heavy atom. The Balaban J connectivity index is 1.44. The minimum Gasteiger partial charge on any atom is -0.469 e. The molecular weight excluding hydrogens is 534 g/mol. The van der Waals surface area contributed by atoms with Crippen molar-refractivity contribution in [3.8, 4) is 0 Å². The number of hydrogen-bond acceptors (Lipinski definition) is 4. The summed E-state index contributed by atoms with van der Waals surface area (Å²) in [5, 5.41) is 0. The fourth-order valence-corrected chi connectivity index (χ4v) is 6.33. The lowest BCUT2D eigenvalue weighted by atomic mass is 9.82. The quantitative estimate of drug-likeness (QED) is 0.275. The summed E-state index contributed by atoms with van der Waals surface area (Å²) in [4.78, 5) is 16.0. The number of fused-ring (bicyclic) bond motifs is 1. The van der Waals surface area contributed by atoms with Crippen LogP contribution >= 0.6 is 0 Å². The molecule has 0 radical (unpaired) electrons. The summed E-state index contributed by atoms with van der Waals surface area (Å²) in [6.07, 6.45) is -5.49. The first-order valence-corrected chi connectivity index (χ1v) is 13.6. The Kier molecular flexibility index (Phi) is 8.78. The molecule has 4 nitrogen and oxygen atoms in total. The van der Waals surface area contributed by atoms with Gasteiger partial charge in [0.15, 0.2) is 0 Å². The summed E-state index contributed by atoms with van der Waals surface area (Å²) in [6.45, 7) is 3.77. The number of carbonyl (C=O) groups is 1. The summed E-state index contributed by atoms with van der Waals surface area (Å²) in [5.74, 6) is -0.188. The zero-order valence-corrected chi connectivity index (χ0v) is 23.3. The number of ether oxygens (including phenoxy) is 1. The van der Waals surface area contributed by atoms with Crippen LogP contribution in [0.4, 0.5) is 32.0 Å². The highest BCUT2D eigenvalue weighted by atomic mass is 19.4. The minimum atomic E-state index is -4.73. The SMILES string of the molecule is COC(=O)C(C)Cc1ccc2c(c1)N(C)C(C1CCN(Cc3cc(C(F)(F)F)c(C)cc3C(F)(F)F)CC1)CC2. The highest BCUT2D eigenvalue weighted by Crippen LogP contribution is 2.40. The van der Waals surface area contributed by atoms with Crippen molar-refractivity contribution in [3.05, 3.63) is 63.7 Å². The van der Waals surface area contributed by atoms with Crippen molar-refractivity contribution in [3.63, 3.8) is 0 Å². The van der Waals surface area contributed by atoms with Crippen LogP contribution < -0.4 is 4.90 Å². The maximum Gasteiger partial charge on any atom is 0.416 e. The van der Waals surface area contributed by atoms with Crippen molar-refractivity contribution < 1.29 is 35.9 Å². The maximum absolute atomic E-state index is 13.7. The van der Waals surface area contributed by atoms with Gasteiger partial charge >= 0.3 is 18.3 Å². The molecule has 0 aliphatic carbocycles. The molecule has 0 N–H and O–H groups in total. The molecular formula is C30H36F6N2O2. The van der Waals surface area contributed by atoms with E-state index in [9.17, 15) is 31.1 Å². The first-order valence-electron chi connectivity index (χ1n) is 13.6. The van der Waals surface area contributed by atoms with Crippen LogP contribution in [0.25, 0.3) is 0 Å². The van der Waals surface area contributed by atoms with Gasteiger partial charge in [0, 0.05) is 25.3 Å². The molecule has 2 aliphatic heterocycles. The standard InChI is InChI=1S/C30H36F6N2O2/c1-18-14-25(30(34,35)36)23(16-24(18)29(31,32)33)17-38-11-9-22(10-12-38)26-8-7-21-6-5-20(15-27(21)37(26)3)13-19(2)28(39)40-4/h5-6,14-16,19,22,26H,7-13,17H2,1-4H3. The molecule has 0 aromatic heterocycles. The Hall–Kier alpha value is -2.75. The van der Waals surface area contributed by atoms with Gasteiger partial charge in [-0.1, -0.05) is 19.1 Å². The number of aryl methyl sites for hydroxylation is 2. The van der Waals surface area contributed by atoms with Gasteiger partial charge in [-0.15, -0.1) is 0 Å². The molecule has 2 heterocycles. The molecule has 2 aromatic rings. The van der Waals surface area contributed by atoms with E-state index in [1.165, 1.54) is 12.7 Å². The molecule has 1 fully saturated rings. The first kappa shape index (κ1) is 30.2. The largest absolute Gasteiger partial charge is 0.469 e. The second-order valence-electron chi connectivity index (χ2n) is 11.2. The number of likely N-dealkylation sites (tertiary alicyclic amines) is 1. The molecule has 2 atom stereocenters. The molecule has 1 saturated heterocycles. The minimum absolute atomic E-state index is 0.171. The van der Waals surface area contributed by atoms with Crippen LogP contribution in [-0.4, -0.2) is 44.2 Å². The number of hydrogen-bond donors (Lipinski definition) is 0. The van der Waals surface area contributed by atoms with E-state index < -0.39 is 29.0 Å². The van der Waals surface area contributed by atoms with Crippen molar-refractivity contribution in [1.82, 2.24) is 4.90 Å². The predicted octanol–water partition coefficient (Wildman–Crippen LogP) is 7.05. The van der Waals surface area contributed by atoms with E-state index in [-0.39, 0.29) is 30.0 Å². The van der Waals surface area contributed by atoms with Crippen molar-refractivity contribution in [1.29, 1.82) is 0 Å². The second kappa shape index (κ2) is 11.6. The van der Waals surface area contributed by atoms with E-state index in [0.29, 0.717) is 37.6 Å². The van der Waals surface area contributed by atoms with Gasteiger partial charge in [0.25, 0.3) is 0 Å². The van der Waals surface area contributed by atoms with Crippen LogP contribution in [0, 0.1) is 18.8 Å². The highest BCUT2D eigenvalue weighted by Gasteiger charge is 2.39.